The number of methoxy groups -OCH3 is 1. The Morgan fingerprint density at radius 3 is 2.20 bits per heavy atom. The molecule has 20 heavy (non-hydrogen) atoms. The third-order valence-electron chi connectivity index (χ3n) is 4.88. The van der Waals surface area contributed by atoms with Gasteiger partial charge >= 0.3 is 5.97 Å². The molecule has 0 aliphatic carbocycles. The zero-order valence-electron chi connectivity index (χ0n) is 13.9. The number of rotatable bonds is 7. The van der Waals surface area contributed by atoms with Crippen LogP contribution in [0.3, 0.4) is 0 Å². The molecule has 4 heteroatoms. The summed E-state index contributed by atoms with van der Waals surface area (Å²) in [5.74, 6) is -0.151. The number of nitrogens with zero attached hydrogens (tertiary/aromatic N) is 1. The van der Waals surface area contributed by atoms with E-state index in [9.17, 15) is 4.79 Å². The number of nitrogens with one attached hydrogen (secondary N) is 1. The first-order valence-electron chi connectivity index (χ1n) is 8.02. The van der Waals surface area contributed by atoms with Crippen LogP contribution >= 0.6 is 0 Å². The fourth-order valence-corrected chi connectivity index (χ4v) is 3.17. The first kappa shape index (κ1) is 17.4. The molecule has 0 spiro atoms. The molecule has 1 rings (SSSR count). The normalized spacial score (nSPS) is 20.9. The Morgan fingerprint density at radius 2 is 1.80 bits per heavy atom. The smallest absolute Gasteiger partial charge is 0.324 e. The van der Waals surface area contributed by atoms with E-state index in [-0.39, 0.29) is 18.1 Å². The van der Waals surface area contributed by atoms with Crippen molar-refractivity contribution < 1.29 is 9.53 Å². The number of carbonyl (C=O) groups is 1. The summed E-state index contributed by atoms with van der Waals surface area (Å²) < 4.78 is 4.91. The van der Waals surface area contributed by atoms with E-state index in [2.05, 4.69) is 37.9 Å². The average Bonchev–Trinajstić information content (AvgIpc) is 2.46. The summed E-state index contributed by atoms with van der Waals surface area (Å²) in [5.41, 5.74) is 0.530. The Hall–Kier alpha value is -0.610. The Bertz CT molecular complexity index is 291. The first-order valence-corrected chi connectivity index (χ1v) is 8.02. The lowest BCUT2D eigenvalue weighted by Crippen LogP contribution is -2.51. The van der Waals surface area contributed by atoms with Gasteiger partial charge in [-0.3, -0.25) is 4.79 Å². The predicted molar refractivity (Wildman–Crippen MR) is 82.8 cm³/mol. The Balaban J connectivity index is 2.53. The third-order valence-corrected chi connectivity index (χ3v) is 4.88. The molecule has 4 nitrogen and oxygen atoms in total. The van der Waals surface area contributed by atoms with E-state index in [1.807, 2.05) is 0 Å². The molecule has 1 fully saturated rings. The molecule has 0 aromatic heterocycles. The molecule has 0 amide bonds. The Morgan fingerprint density at radius 1 is 1.25 bits per heavy atom. The molecule has 0 aromatic carbocycles. The summed E-state index contributed by atoms with van der Waals surface area (Å²) in [4.78, 5) is 14.3. The SMILES string of the molecule is CCC1(CC)CCN(CC(NC(C)C)C(=O)OC)CC1. The second-order valence-electron chi connectivity index (χ2n) is 6.40. The zero-order chi connectivity index (χ0) is 15.2. The maximum atomic E-state index is 11.8. The highest BCUT2D eigenvalue weighted by Crippen LogP contribution is 2.37. The maximum absolute atomic E-state index is 11.8. The zero-order valence-corrected chi connectivity index (χ0v) is 13.9. The summed E-state index contributed by atoms with van der Waals surface area (Å²) >= 11 is 0. The van der Waals surface area contributed by atoms with E-state index in [0.717, 1.165) is 19.6 Å². The van der Waals surface area contributed by atoms with Crippen LogP contribution in [-0.4, -0.2) is 49.7 Å². The van der Waals surface area contributed by atoms with Gasteiger partial charge in [-0.05, 0) is 31.3 Å². The van der Waals surface area contributed by atoms with E-state index in [1.54, 1.807) is 0 Å². The summed E-state index contributed by atoms with van der Waals surface area (Å²) in [5, 5.41) is 3.31. The van der Waals surface area contributed by atoms with Gasteiger partial charge in [-0.1, -0.05) is 40.5 Å². The molecular weight excluding hydrogens is 252 g/mol. The highest BCUT2D eigenvalue weighted by atomic mass is 16.5. The minimum Gasteiger partial charge on any atom is -0.468 e. The van der Waals surface area contributed by atoms with Crippen LogP contribution in [0, 0.1) is 5.41 Å². The van der Waals surface area contributed by atoms with Crippen molar-refractivity contribution in [3.8, 4) is 0 Å². The van der Waals surface area contributed by atoms with Crippen molar-refractivity contribution >= 4 is 5.97 Å². The Kier molecular flexibility index (Phi) is 6.96. The number of ether oxygens (including phenoxy) is 1. The van der Waals surface area contributed by atoms with E-state index < -0.39 is 0 Å². The summed E-state index contributed by atoms with van der Waals surface area (Å²) in [6.07, 6.45) is 5.02. The number of carbonyl (C=O) groups excluding carboxylic acids is 1. The van der Waals surface area contributed by atoms with Crippen LogP contribution in [-0.2, 0) is 9.53 Å². The highest BCUT2D eigenvalue weighted by Gasteiger charge is 2.33. The van der Waals surface area contributed by atoms with Crippen molar-refractivity contribution in [2.24, 2.45) is 5.41 Å². The summed E-state index contributed by atoms with van der Waals surface area (Å²) in [7, 11) is 1.47. The number of piperidine rings is 1. The largest absolute Gasteiger partial charge is 0.468 e. The standard InChI is InChI=1S/C16H32N2O2/c1-6-16(7-2)8-10-18(11-9-16)12-14(15(19)20-5)17-13(3)4/h13-14,17H,6-12H2,1-5H3. The van der Waals surface area contributed by atoms with Gasteiger partial charge in [0.25, 0.3) is 0 Å². The van der Waals surface area contributed by atoms with Crippen LogP contribution in [0.2, 0.25) is 0 Å². The van der Waals surface area contributed by atoms with Gasteiger partial charge in [0.05, 0.1) is 7.11 Å². The molecule has 1 atom stereocenters. The van der Waals surface area contributed by atoms with Crippen LogP contribution in [0.4, 0.5) is 0 Å². The molecule has 0 saturated carbocycles. The molecule has 1 saturated heterocycles. The van der Waals surface area contributed by atoms with E-state index >= 15 is 0 Å². The van der Waals surface area contributed by atoms with E-state index in [1.165, 1.54) is 32.8 Å². The molecule has 0 bridgehead atoms. The number of likely N-dealkylation sites (tertiary alicyclic amines) is 1. The molecule has 1 heterocycles. The van der Waals surface area contributed by atoms with E-state index in [0.29, 0.717) is 5.41 Å². The van der Waals surface area contributed by atoms with Gasteiger partial charge < -0.3 is 15.0 Å². The van der Waals surface area contributed by atoms with Crippen molar-refractivity contribution in [3.05, 3.63) is 0 Å². The van der Waals surface area contributed by atoms with Crippen molar-refractivity contribution in [3.63, 3.8) is 0 Å². The molecule has 0 radical (unpaired) electrons. The Labute approximate surface area is 124 Å². The van der Waals surface area contributed by atoms with Crippen LogP contribution in [0.1, 0.15) is 53.4 Å². The van der Waals surface area contributed by atoms with Gasteiger partial charge in [0.1, 0.15) is 6.04 Å². The summed E-state index contributed by atoms with van der Waals surface area (Å²) in [6.45, 7) is 11.7. The lowest BCUT2D eigenvalue weighted by Gasteiger charge is -2.41. The lowest BCUT2D eigenvalue weighted by atomic mass is 9.74. The topological polar surface area (TPSA) is 41.6 Å². The van der Waals surface area contributed by atoms with Gasteiger partial charge in [0, 0.05) is 12.6 Å². The van der Waals surface area contributed by atoms with Crippen LogP contribution in [0.25, 0.3) is 0 Å². The summed E-state index contributed by atoms with van der Waals surface area (Å²) in [6, 6.07) is 0.0741. The highest BCUT2D eigenvalue weighted by molar-refractivity contribution is 5.76. The predicted octanol–water partition coefficient (Wildman–Crippen LogP) is 2.43. The molecule has 1 aliphatic heterocycles. The number of hydrogen-bond donors (Lipinski definition) is 1. The fraction of sp³-hybridized carbons (Fsp3) is 0.938. The van der Waals surface area contributed by atoms with Crippen molar-refractivity contribution in [2.45, 2.75) is 65.5 Å². The lowest BCUT2D eigenvalue weighted by molar-refractivity contribution is -0.144. The van der Waals surface area contributed by atoms with Gasteiger partial charge in [0.15, 0.2) is 0 Å². The molecule has 1 aliphatic rings. The second kappa shape index (κ2) is 7.99. The van der Waals surface area contributed by atoms with Gasteiger partial charge in [-0.15, -0.1) is 0 Å². The minimum absolute atomic E-state index is 0.151. The third kappa shape index (κ3) is 4.74. The minimum atomic E-state index is -0.212. The van der Waals surface area contributed by atoms with Gasteiger partial charge in [-0.25, -0.2) is 0 Å². The van der Waals surface area contributed by atoms with Crippen LogP contribution in [0.5, 0.6) is 0 Å². The molecule has 118 valence electrons. The number of hydrogen-bond acceptors (Lipinski definition) is 4. The maximum Gasteiger partial charge on any atom is 0.324 e. The van der Waals surface area contributed by atoms with Crippen LogP contribution in [0.15, 0.2) is 0 Å². The average molecular weight is 284 g/mol. The van der Waals surface area contributed by atoms with Crippen molar-refractivity contribution in [1.29, 1.82) is 0 Å². The van der Waals surface area contributed by atoms with Crippen molar-refractivity contribution in [2.75, 3.05) is 26.7 Å². The quantitative estimate of drug-likeness (QED) is 0.729. The molecule has 1 unspecified atom stereocenters. The van der Waals surface area contributed by atoms with Crippen LogP contribution < -0.4 is 5.32 Å². The van der Waals surface area contributed by atoms with Crippen molar-refractivity contribution in [1.82, 2.24) is 10.2 Å². The van der Waals surface area contributed by atoms with Gasteiger partial charge in [-0.2, -0.15) is 0 Å². The first-order chi connectivity index (χ1) is 9.46. The molecule has 0 aromatic rings. The molecule has 1 N–H and O–H groups in total. The molecular formula is C16H32N2O2. The second-order valence-corrected chi connectivity index (χ2v) is 6.40. The number of esters is 1. The van der Waals surface area contributed by atoms with Gasteiger partial charge in [0.2, 0.25) is 0 Å². The fourth-order valence-electron chi connectivity index (χ4n) is 3.17. The van der Waals surface area contributed by atoms with E-state index in [4.69, 9.17) is 4.74 Å². The monoisotopic (exact) mass is 284 g/mol.